The lowest BCUT2D eigenvalue weighted by atomic mass is 9.88. The van der Waals surface area contributed by atoms with Crippen LogP contribution in [0.15, 0.2) is 84.9 Å². The molecule has 3 aromatic rings. The van der Waals surface area contributed by atoms with Crippen molar-refractivity contribution in [2.75, 3.05) is 26.3 Å². The van der Waals surface area contributed by atoms with Crippen LogP contribution in [0.4, 0.5) is 0 Å². The number of aliphatic hydroxyl groups excluding tert-OH is 1. The molecule has 3 aromatic carbocycles. The highest BCUT2D eigenvalue weighted by atomic mass is 16.5. The maximum absolute atomic E-state index is 9.81. The van der Waals surface area contributed by atoms with E-state index in [1.54, 1.807) is 0 Å². The van der Waals surface area contributed by atoms with Gasteiger partial charge < -0.3 is 15.2 Å². The first-order valence-corrected chi connectivity index (χ1v) is 11.2. The quantitative estimate of drug-likeness (QED) is 0.461. The predicted octanol–water partition coefficient (Wildman–Crippen LogP) is 5.41. The van der Waals surface area contributed by atoms with Crippen molar-refractivity contribution in [3.05, 3.63) is 102 Å². The van der Waals surface area contributed by atoms with E-state index in [0.29, 0.717) is 6.42 Å². The van der Waals surface area contributed by atoms with Crippen molar-refractivity contribution in [3.8, 4) is 5.75 Å². The smallest absolute Gasteiger partial charge is 0.119 e. The summed E-state index contributed by atoms with van der Waals surface area (Å²) in [6.45, 7) is 3.11. The second-order valence-corrected chi connectivity index (χ2v) is 8.08. The van der Waals surface area contributed by atoms with Crippen molar-refractivity contribution in [2.45, 2.75) is 19.3 Å². The molecule has 1 unspecified atom stereocenters. The number of hydrogen-bond donors (Lipinski definition) is 2. The molecule has 0 aromatic heterocycles. The topological polar surface area (TPSA) is 41.5 Å². The van der Waals surface area contributed by atoms with E-state index in [0.717, 1.165) is 65.6 Å². The Kier molecular flexibility index (Phi) is 7.54. The predicted molar refractivity (Wildman–Crippen MR) is 128 cm³/mol. The average molecular weight is 414 g/mol. The van der Waals surface area contributed by atoms with Crippen molar-refractivity contribution >= 4 is 11.1 Å². The zero-order chi connectivity index (χ0) is 21.3. The molecule has 2 N–H and O–H groups in total. The van der Waals surface area contributed by atoms with Gasteiger partial charge in [-0.15, -0.1) is 0 Å². The van der Waals surface area contributed by atoms with E-state index in [9.17, 15) is 5.11 Å². The van der Waals surface area contributed by atoms with Crippen LogP contribution in [-0.2, 0) is 0 Å². The summed E-state index contributed by atoms with van der Waals surface area (Å²) >= 11 is 0. The highest BCUT2D eigenvalue weighted by Crippen LogP contribution is 2.35. The normalized spacial score (nSPS) is 16.7. The van der Waals surface area contributed by atoms with Crippen molar-refractivity contribution in [1.29, 1.82) is 0 Å². The van der Waals surface area contributed by atoms with E-state index in [2.05, 4.69) is 66.0 Å². The van der Waals surface area contributed by atoms with Gasteiger partial charge in [0.1, 0.15) is 5.75 Å². The second-order valence-electron chi connectivity index (χ2n) is 8.08. The summed E-state index contributed by atoms with van der Waals surface area (Å²) in [6.07, 6.45) is 2.95. The number of ether oxygens (including phenoxy) is 1. The first-order chi connectivity index (χ1) is 15.3. The molecule has 1 aliphatic rings. The Hall–Kier alpha value is -2.88. The zero-order valence-electron chi connectivity index (χ0n) is 18.0. The van der Waals surface area contributed by atoms with E-state index in [1.165, 1.54) is 6.42 Å². The van der Waals surface area contributed by atoms with E-state index >= 15 is 0 Å². The molecule has 0 saturated carbocycles. The van der Waals surface area contributed by atoms with Gasteiger partial charge in [0.25, 0.3) is 0 Å². The van der Waals surface area contributed by atoms with Crippen LogP contribution < -0.4 is 10.1 Å². The first kappa shape index (κ1) is 21.4. The van der Waals surface area contributed by atoms with Gasteiger partial charge in [-0.3, -0.25) is 0 Å². The summed E-state index contributed by atoms with van der Waals surface area (Å²) in [7, 11) is 0. The summed E-state index contributed by atoms with van der Waals surface area (Å²) in [4.78, 5) is 0. The Morgan fingerprint density at radius 1 is 0.839 bits per heavy atom. The molecule has 0 aliphatic carbocycles. The van der Waals surface area contributed by atoms with Crippen molar-refractivity contribution in [1.82, 2.24) is 5.32 Å². The molecule has 3 heteroatoms. The Morgan fingerprint density at radius 3 is 2.10 bits per heavy atom. The number of benzene rings is 3. The lowest BCUT2D eigenvalue weighted by Gasteiger charge is -2.17. The van der Waals surface area contributed by atoms with Crippen LogP contribution in [0, 0.1) is 5.92 Å². The maximum atomic E-state index is 9.81. The van der Waals surface area contributed by atoms with Gasteiger partial charge in [0.2, 0.25) is 0 Å². The highest BCUT2D eigenvalue weighted by Gasteiger charge is 2.15. The zero-order valence-corrected chi connectivity index (χ0v) is 18.0. The van der Waals surface area contributed by atoms with Gasteiger partial charge in [-0.25, -0.2) is 0 Å². The molecule has 0 bridgehead atoms. The van der Waals surface area contributed by atoms with Gasteiger partial charge in [-0.1, -0.05) is 72.8 Å². The minimum atomic E-state index is 0.109. The molecule has 0 amide bonds. The summed E-state index contributed by atoms with van der Waals surface area (Å²) < 4.78 is 6.02. The maximum Gasteiger partial charge on any atom is 0.119 e. The molecule has 0 spiro atoms. The lowest BCUT2D eigenvalue weighted by Crippen LogP contribution is -2.11. The SMILES string of the molecule is OCC/C(=C(/c1ccccc1)c1ccc(OCCC2CCNC2)cc1)c1ccccc1. The fraction of sp³-hybridized carbons (Fsp3) is 0.286. The second kappa shape index (κ2) is 10.9. The van der Waals surface area contributed by atoms with Crippen LogP contribution in [0.3, 0.4) is 0 Å². The van der Waals surface area contributed by atoms with E-state index in [4.69, 9.17) is 4.74 Å². The van der Waals surface area contributed by atoms with Crippen molar-refractivity contribution in [3.63, 3.8) is 0 Å². The van der Waals surface area contributed by atoms with E-state index in [-0.39, 0.29) is 6.61 Å². The fourth-order valence-corrected chi connectivity index (χ4v) is 4.31. The molecule has 4 rings (SSSR count). The first-order valence-electron chi connectivity index (χ1n) is 11.2. The molecule has 1 fully saturated rings. The van der Waals surface area contributed by atoms with Crippen LogP contribution in [-0.4, -0.2) is 31.4 Å². The molecular formula is C28H31NO2. The molecule has 160 valence electrons. The molecule has 31 heavy (non-hydrogen) atoms. The van der Waals surface area contributed by atoms with E-state index in [1.807, 2.05) is 24.3 Å². The number of aliphatic hydroxyl groups is 1. The monoisotopic (exact) mass is 413 g/mol. The fourth-order valence-electron chi connectivity index (χ4n) is 4.31. The molecule has 1 aliphatic heterocycles. The summed E-state index contributed by atoms with van der Waals surface area (Å²) in [6, 6.07) is 29.2. The third-order valence-electron chi connectivity index (χ3n) is 5.95. The van der Waals surface area contributed by atoms with Crippen LogP contribution >= 0.6 is 0 Å². The molecule has 0 radical (unpaired) electrons. The Morgan fingerprint density at radius 2 is 1.48 bits per heavy atom. The molecule has 1 heterocycles. The summed E-state index contributed by atoms with van der Waals surface area (Å²) in [5.41, 5.74) is 5.73. The van der Waals surface area contributed by atoms with Gasteiger partial charge in [0, 0.05) is 6.61 Å². The van der Waals surface area contributed by atoms with Crippen LogP contribution in [0.5, 0.6) is 5.75 Å². The summed E-state index contributed by atoms with van der Waals surface area (Å²) in [5, 5.41) is 13.2. The van der Waals surface area contributed by atoms with Crippen LogP contribution in [0.25, 0.3) is 11.1 Å². The third kappa shape index (κ3) is 5.63. The van der Waals surface area contributed by atoms with Crippen LogP contribution in [0.1, 0.15) is 36.0 Å². The minimum absolute atomic E-state index is 0.109. The van der Waals surface area contributed by atoms with Crippen molar-refractivity contribution in [2.24, 2.45) is 5.92 Å². The minimum Gasteiger partial charge on any atom is -0.494 e. The number of hydrogen-bond acceptors (Lipinski definition) is 3. The van der Waals surface area contributed by atoms with Crippen molar-refractivity contribution < 1.29 is 9.84 Å². The largest absolute Gasteiger partial charge is 0.494 e. The van der Waals surface area contributed by atoms with Gasteiger partial charge in [-0.2, -0.15) is 0 Å². The highest BCUT2D eigenvalue weighted by molar-refractivity contribution is 5.98. The Balaban J connectivity index is 1.62. The molecular weight excluding hydrogens is 382 g/mol. The Labute approximate surface area is 185 Å². The molecule has 1 saturated heterocycles. The average Bonchev–Trinajstić information content (AvgIpc) is 3.35. The van der Waals surface area contributed by atoms with Crippen LogP contribution in [0.2, 0.25) is 0 Å². The van der Waals surface area contributed by atoms with E-state index < -0.39 is 0 Å². The third-order valence-corrected chi connectivity index (χ3v) is 5.95. The van der Waals surface area contributed by atoms with Gasteiger partial charge in [0.15, 0.2) is 0 Å². The lowest BCUT2D eigenvalue weighted by molar-refractivity contribution is 0.283. The molecule has 3 nitrogen and oxygen atoms in total. The summed E-state index contributed by atoms with van der Waals surface area (Å²) in [5.74, 6) is 1.64. The standard InChI is InChI=1S/C28H31NO2/c30-19-16-27(23-7-3-1-4-8-23)28(24-9-5-2-6-10-24)25-11-13-26(14-12-25)31-20-17-22-15-18-29-21-22/h1-14,22,29-30H,15-21H2/b28-27+. The van der Waals surface area contributed by atoms with Gasteiger partial charge >= 0.3 is 0 Å². The van der Waals surface area contributed by atoms with Gasteiger partial charge in [-0.05, 0) is 78.2 Å². The molecule has 1 atom stereocenters. The number of rotatable bonds is 9. The Bertz CT molecular complexity index is 959. The van der Waals surface area contributed by atoms with Gasteiger partial charge in [0.05, 0.1) is 6.61 Å². The number of nitrogens with one attached hydrogen (secondary N) is 1.